The van der Waals surface area contributed by atoms with E-state index in [0.717, 1.165) is 38.1 Å². The summed E-state index contributed by atoms with van der Waals surface area (Å²) in [4.78, 5) is 1.81. The number of hydrogen-bond donors (Lipinski definition) is 0. The van der Waals surface area contributed by atoms with Crippen LogP contribution < -0.4 is 4.90 Å². The molecule has 1 aromatic carbocycles. The van der Waals surface area contributed by atoms with Gasteiger partial charge in [0.25, 0.3) is 0 Å². The third-order valence-corrected chi connectivity index (χ3v) is 2.60. The quantitative estimate of drug-likeness (QED) is 0.708. The number of benzene rings is 1. The van der Waals surface area contributed by atoms with Crippen LogP contribution in [0.1, 0.15) is 18.4 Å². The highest BCUT2D eigenvalue weighted by molar-refractivity contribution is 5.52. The predicted octanol–water partition coefficient (Wildman–Crippen LogP) is 2.44. The first-order valence-corrected chi connectivity index (χ1v) is 4.86. The standard InChI is InChI=1S/C11H10F2N2/c12-9-6-11(15-3-1-2-4-15)10(13)5-8(9)7-14/h5-6H,1-4H2. The zero-order valence-corrected chi connectivity index (χ0v) is 8.13. The number of nitrogens with zero attached hydrogens (tertiary/aromatic N) is 2. The molecule has 0 bridgehead atoms. The Hall–Kier alpha value is -1.63. The lowest BCUT2D eigenvalue weighted by Gasteiger charge is -2.18. The van der Waals surface area contributed by atoms with E-state index in [1.165, 1.54) is 0 Å². The Morgan fingerprint density at radius 3 is 2.40 bits per heavy atom. The lowest BCUT2D eigenvalue weighted by Crippen LogP contribution is -2.19. The molecular weight excluding hydrogens is 198 g/mol. The van der Waals surface area contributed by atoms with Gasteiger partial charge in [0.15, 0.2) is 0 Å². The fourth-order valence-corrected chi connectivity index (χ4v) is 1.82. The first kappa shape index (κ1) is 9.91. The van der Waals surface area contributed by atoms with Gasteiger partial charge in [-0.25, -0.2) is 8.78 Å². The maximum Gasteiger partial charge on any atom is 0.148 e. The molecule has 1 fully saturated rings. The fraction of sp³-hybridized carbons (Fsp3) is 0.364. The summed E-state index contributed by atoms with van der Waals surface area (Å²) >= 11 is 0. The summed E-state index contributed by atoms with van der Waals surface area (Å²) in [5.74, 6) is -1.17. The Bertz CT molecular complexity index is 417. The lowest BCUT2D eigenvalue weighted by molar-refractivity contribution is 0.594. The molecule has 0 radical (unpaired) electrons. The molecule has 1 aromatic rings. The van der Waals surface area contributed by atoms with Crippen LogP contribution in [0.2, 0.25) is 0 Å². The maximum atomic E-state index is 13.5. The highest BCUT2D eigenvalue weighted by Crippen LogP contribution is 2.25. The molecule has 0 saturated carbocycles. The second-order valence-electron chi connectivity index (χ2n) is 3.59. The van der Waals surface area contributed by atoms with E-state index in [9.17, 15) is 8.78 Å². The monoisotopic (exact) mass is 208 g/mol. The van der Waals surface area contributed by atoms with Crippen molar-refractivity contribution in [2.24, 2.45) is 0 Å². The number of halogens is 2. The smallest absolute Gasteiger partial charge is 0.148 e. The molecule has 2 rings (SSSR count). The topological polar surface area (TPSA) is 27.0 Å². The molecule has 0 aromatic heterocycles. The van der Waals surface area contributed by atoms with Gasteiger partial charge in [0, 0.05) is 19.2 Å². The molecular formula is C11H10F2N2. The molecule has 0 N–H and O–H groups in total. The van der Waals surface area contributed by atoms with Crippen LogP contribution in [0.4, 0.5) is 14.5 Å². The number of hydrogen-bond acceptors (Lipinski definition) is 2. The molecule has 1 aliphatic heterocycles. The van der Waals surface area contributed by atoms with Crippen LogP contribution in [0.15, 0.2) is 12.1 Å². The molecule has 1 aliphatic rings. The third-order valence-electron chi connectivity index (χ3n) is 2.60. The Morgan fingerprint density at radius 1 is 1.13 bits per heavy atom. The van der Waals surface area contributed by atoms with E-state index in [1.54, 1.807) is 11.0 Å². The summed E-state index contributed by atoms with van der Waals surface area (Å²) in [5.41, 5.74) is 0.0273. The van der Waals surface area contributed by atoms with Crippen LogP contribution in [0.3, 0.4) is 0 Å². The van der Waals surface area contributed by atoms with Crippen LogP contribution in [0.25, 0.3) is 0 Å². The number of anilines is 1. The Balaban J connectivity index is 2.40. The SMILES string of the molecule is N#Cc1cc(F)c(N2CCCC2)cc1F. The van der Waals surface area contributed by atoms with Gasteiger partial charge < -0.3 is 4.90 Å². The predicted molar refractivity (Wildman–Crippen MR) is 52.5 cm³/mol. The van der Waals surface area contributed by atoms with E-state index >= 15 is 0 Å². The molecule has 0 amide bonds. The number of nitriles is 1. The van der Waals surface area contributed by atoms with Crippen molar-refractivity contribution in [2.45, 2.75) is 12.8 Å². The van der Waals surface area contributed by atoms with Crippen molar-refractivity contribution < 1.29 is 8.78 Å². The fourth-order valence-electron chi connectivity index (χ4n) is 1.82. The molecule has 1 heterocycles. The average molecular weight is 208 g/mol. The van der Waals surface area contributed by atoms with E-state index in [4.69, 9.17) is 5.26 Å². The summed E-state index contributed by atoms with van der Waals surface area (Å²) in [5, 5.41) is 8.53. The van der Waals surface area contributed by atoms with Gasteiger partial charge in [-0.2, -0.15) is 5.26 Å². The van der Waals surface area contributed by atoms with Gasteiger partial charge >= 0.3 is 0 Å². The summed E-state index contributed by atoms with van der Waals surface area (Å²) in [7, 11) is 0. The summed E-state index contributed by atoms with van der Waals surface area (Å²) in [6, 6.07) is 3.69. The van der Waals surface area contributed by atoms with Gasteiger partial charge in [-0.05, 0) is 18.9 Å². The lowest BCUT2D eigenvalue weighted by atomic mass is 10.2. The van der Waals surface area contributed by atoms with Crippen molar-refractivity contribution in [2.75, 3.05) is 18.0 Å². The molecule has 78 valence electrons. The van der Waals surface area contributed by atoms with Crippen LogP contribution in [-0.2, 0) is 0 Å². The minimum Gasteiger partial charge on any atom is -0.369 e. The molecule has 0 atom stereocenters. The van der Waals surface area contributed by atoms with Gasteiger partial charge in [0.1, 0.15) is 17.7 Å². The van der Waals surface area contributed by atoms with E-state index in [-0.39, 0.29) is 11.3 Å². The second kappa shape index (κ2) is 3.85. The van der Waals surface area contributed by atoms with Gasteiger partial charge in [0.2, 0.25) is 0 Å². The summed E-state index contributed by atoms with van der Waals surface area (Å²) in [6.45, 7) is 1.50. The van der Waals surface area contributed by atoms with Crippen LogP contribution in [0.5, 0.6) is 0 Å². The first-order valence-electron chi connectivity index (χ1n) is 4.86. The van der Waals surface area contributed by atoms with E-state index in [1.807, 2.05) is 0 Å². The molecule has 0 aliphatic carbocycles. The van der Waals surface area contributed by atoms with Gasteiger partial charge in [-0.1, -0.05) is 0 Å². The second-order valence-corrected chi connectivity index (χ2v) is 3.59. The van der Waals surface area contributed by atoms with Crippen molar-refractivity contribution in [1.29, 1.82) is 5.26 Å². The average Bonchev–Trinajstić information content (AvgIpc) is 2.74. The Kier molecular flexibility index (Phi) is 2.55. The largest absolute Gasteiger partial charge is 0.369 e. The molecule has 1 saturated heterocycles. The maximum absolute atomic E-state index is 13.5. The zero-order valence-electron chi connectivity index (χ0n) is 8.13. The van der Waals surface area contributed by atoms with Crippen molar-refractivity contribution in [3.8, 4) is 6.07 Å². The van der Waals surface area contributed by atoms with Crippen molar-refractivity contribution >= 4 is 5.69 Å². The molecule has 15 heavy (non-hydrogen) atoms. The van der Waals surface area contributed by atoms with Crippen LogP contribution in [-0.4, -0.2) is 13.1 Å². The Labute approximate surface area is 86.7 Å². The zero-order chi connectivity index (χ0) is 10.8. The molecule has 0 unspecified atom stereocenters. The van der Waals surface area contributed by atoms with Crippen LogP contribution in [0, 0.1) is 23.0 Å². The minimum absolute atomic E-state index is 0.240. The van der Waals surface area contributed by atoms with Gasteiger partial charge in [-0.15, -0.1) is 0 Å². The van der Waals surface area contributed by atoms with E-state index in [0.29, 0.717) is 0 Å². The van der Waals surface area contributed by atoms with Crippen molar-refractivity contribution in [3.63, 3.8) is 0 Å². The van der Waals surface area contributed by atoms with Gasteiger partial charge in [-0.3, -0.25) is 0 Å². The van der Waals surface area contributed by atoms with E-state index < -0.39 is 11.6 Å². The van der Waals surface area contributed by atoms with Crippen molar-refractivity contribution in [1.82, 2.24) is 0 Å². The molecule has 4 heteroatoms. The normalized spacial score (nSPS) is 15.4. The minimum atomic E-state index is -0.652. The number of rotatable bonds is 1. The summed E-state index contributed by atoms with van der Waals surface area (Å²) < 4.78 is 26.8. The van der Waals surface area contributed by atoms with Gasteiger partial charge in [0.05, 0.1) is 11.3 Å². The highest BCUT2D eigenvalue weighted by atomic mass is 19.1. The summed E-state index contributed by atoms with van der Waals surface area (Å²) in [6.07, 6.45) is 2.00. The molecule has 2 nitrogen and oxygen atoms in total. The third kappa shape index (κ3) is 1.78. The highest BCUT2D eigenvalue weighted by Gasteiger charge is 2.18. The first-order chi connectivity index (χ1) is 7.22. The van der Waals surface area contributed by atoms with E-state index in [2.05, 4.69) is 0 Å². The Morgan fingerprint density at radius 2 is 1.80 bits per heavy atom. The van der Waals surface area contributed by atoms with Crippen LogP contribution >= 0.6 is 0 Å². The van der Waals surface area contributed by atoms with Crippen molar-refractivity contribution in [3.05, 3.63) is 29.3 Å². The molecule has 0 spiro atoms.